The highest BCUT2D eigenvalue weighted by molar-refractivity contribution is 5.16. The lowest BCUT2D eigenvalue weighted by molar-refractivity contribution is -0.279. The fourth-order valence-electron chi connectivity index (χ4n) is 2.45. The summed E-state index contributed by atoms with van der Waals surface area (Å²) in [5.74, 6) is 0. The summed E-state index contributed by atoms with van der Waals surface area (Å²) in [6, 6.07) is 9.65. The number of fused-ring (bicyclic) bond motifs is 1. The van der Waals surface area contributed by atoms with E-state index in [-0.39, 0.29) is 24.5 Å². The van der Waals surface area contributed by atoms with E-state index in [4.69, 9.17) is 19.7 Å². The van der Waals surface area contributed by atoms with Crippen molar-refractivity contribution in [2.24, 2.45) is 5.11 Å². The number of nitrogens with zero attached hydrogens (tertiary/aromatic N) is 3. The molecule has 0 aromatic heterocycles. The van der Waals surface area contributed by atoms with Crippen LogP contribution in [0.4, 0.5) is 0 Å². The summed E-state index contributed by atoms with van der Waals surface area (Å²) in [5.41, 5.74) is 9.47. The van der Waals surface area contributed by atoms with Crippen molar-refractivity contribution >= 4 is 0 Å². The van der Waals surface area contributed by atoms with Gasteiger partial charge in [0.05, 0.1) is 25.4 Å². The van der Waals surface area contributed by atoms with Gasteiger partial charge in [-0.3, -0.25) is 0 Å². The first-order chi connectivity index (χ1) is 9.36. The summed E-state index contributed by atoms with van der Waals surface area (Å²) in [7, 11) is 0. The van der Waals surface area contributed by atoms with Crippen LogP contribution in [0.2, 0.25) is 0 Å². The molecule has 6 heteroatoms. The largest absolute Gasteiger partial charge is 0.373 e. The third kappa shape index (κ3) is 2.72. The van der Waals surface area contributed by atoms with Crippen molar-refractivity contribution in [2.75, 3.05) is 13.2 Å². The maximum atomic E-state index is 8.48. The normalized spacial score (nSPS) is 34.1. The Labute approximate surface area is 110 Å². The second-order valence-electron chi connectivity index (χ2n) is 4.72. The van der Waals surface area contributed by atoms with Crippen LogP contribution in [-0.2, 0) is 14.2 Å². The molecule has 2 aliphatic rings. The molecule has 1 aromatic carbocycles. The smallest absolute Gasteiger partial charge is 0.184 e. The van der Waals surface area contributed by atoms with E-state index in [1.54, 1.807) is 0 Å². The van der Waals surface area contributed by atoms with Crippen molar-refractivity contribution in [3.63, 3.8) is 0 Å². The van der Waals surface area contributed by atoms with Crippen LogP contribution >= 0.6 is 0 Å². The van der Waals surface area contributed by atoms with Crippen LogP contribution in [0.15, 0.2) is 35.4 Å². The van der Waals surface area contributed by atoms with Crippen molar-refractivity contribution in [2.45, 2.75) is 31.0 Å². The highest BCUT2D eigenvalue weighted by Gasteiger charge is 2.38. The third-order valence-electron chi connectivity index (χ3n) is 3.42. The van der Waals surface area contributed by atoms with E-state index < -0.39 is 0 Å². The zero-order chi connectivity index (χ0) is 13.1. The molecule has 1 unspecified atom stereocenters. The maximum Gasteiger partial charge on any atom is 0.184 e. The molecule has 0 amide bonds. The van der Waals surface area contributed by atoms with Gasteiger partial charge < -0.3 is 14.2 Å². The average molecular weight is 261 g/mol. The first-order valence-electron chi connectivity index (χ1n) is 6.34. The molecule has 0 saturated carbocycles. The Hall–Kier alpha value is -1.59. The monoisotopic (exact) mass is 261 g/mol. The van der Waals surface area contributed by atoms with Crippen LogP contribution in [0.1, 0.15) is 18.3 Å². The van der Waals surface area contributed by atoms with E-state index in [1.165, 1.54) is 0 Å². The summed E-state index contributed by atoms with van der Waals surface area (Å²) in [6.45, 7) is 0.946. The Balaban J connectivity index is 1.69. The molecule has 1 aromatic rings. The van der Waals surface area contributed by atoms with Crippen molar-refractivity contribution in [1.82, 2.24) is 0 Å². The fourth-order valence-corrected chi connectivity index (χ4v) is 2.45. The molecule has 100 valence electrons. The Morgan fingerprint density at radius 3 is 2.74 bits per heavy atom. The summed E-state index contributed by atoms with van der Waals surface area (Å²) in [6.07, 6.45) is 0.172. The second kappa shape index (κ2) is 5.59. The van der Waals surface area contributed by atoms with Crippen molar-refractivity contribution in [3.05, 3.63) is 46.3 Å². The fraction of sp³-hybridized carbons (Fsp3) is 0.538. The molecular formula is C13H15N3O3. The van der Waals surface area contributed by atoms with Gasteiger partial charge in [-0.2, -0.15) is 0 Å². The van der Waals surface area contributed by atoms with E-state index in [0.717, 1.165) is 5.56 Å². The number of ether oxygens (including phenoxy) is 3. The zero-order valence-corrected chi connectivity index (χ0v) is 10.4. The molecule has 2 aliphatic heterocycles. The van der Waals surface area contributed by atoms with Crippen LogP contribution in [0, 0.1) is 0 Å². The van der Waals surface area contributed by atoms with E-state index in [9.17, 15) is 0 Å². The average Bonchev–Trinajstić information content (AvgIpc) is 2.48. The number of hydrogen-bond donors (Lipinski definition) is 0. The van der Waals surface area contributed by atoms with Gasteiger partial charge in [0.1, 0.15) is 6.10 Å². The van der Waals surface area contributed by atoms with Gasteiger partial charge >= 0.3 is 0 Å². The topological polar surface area (TPSA) is 76.5 Å². The van der Waals surface area contributed by atoms with Crippen LogP contribution in [-0.4, -0.2) is 31.5 Å². The molecular weight excluding hydrogens is 246 g/mol. The molecule has 4 atom stereocenters. The second-order valence-corrected chi connectivity index (χ2v) is 4.72. The summed E-state index contributed by atoms with van der Waals surface area (Å²) in [5, 5.41) is 3.71. The van der Waals surface area contributed by atoms with Gasteiger partial charge in [0.15, 0.2) is 6.29 Å². The molecule has 6 nitrogen and oxygen atoms in total. The quantitative estimate of drug-likeness (QED) is 0.466. The Kier molecular flexibility index (Phi) is 3.66. The molecule has 0 radical (unpaired) electrons. The number of azide groups is 1. The first kappa shape index (κ1) is 12.4. The summed E-state index contributed by atoms with van der Waals surface area (Å²) >= 11 is 0. The minimum absolute atomic E-state index is 0.0647. The standard InChI is InChI=1S/C13H15N3O3/c14-16-15-10-6-11-12(17-7-10)8-18-13(19-11)9-4-2-1-3-5-9/h1-5,10-13H,6-8H2/t10-,11+,12-,13?/m1/s1. The zero-order valence-electron chi connectivity index (χ0n) is 10.4. The molecule has 2 heterocycles. The van der Waals surface area contributed by atoms with Crippen LogP contribution in [0.25, 0.3) is 10.4 Å². The van der Waals surface area contributed by atoms with Gasteiger partial charge in [0.25, 0.3) is 0 Å². The van der Waals surface area contributed by atoms with Gasteiger partial charge in [0.2, 0.25) is 0 Å². The van der Waals surface area contributed by atoms with Gasteiger partial charge in [-0.05, 0) is 12.0 Å². The highest BCUT2D eigenvalue weighted by Crippen LogP contribution is 2.32. The Bertz CT molecular complexity index is 475. The minimum Gasteiger partial charge on any atom is -0.373 e. The maximum absolute atomic E-state index is 8.48. The van der Waals surface area contributed by atoms with Gasteiger partial charge in [-0.25, -0.2) is 0 Å². The SMILES string of the molecule is [N-]=[N+]=N[C@H]1CO[C@@H]2COC(c3ccccc3)O[C@H]2C1. The lowest BCUT2D eigenvalue weighted by Gasteiger charge is -2.40. The third-order valence-corrected chi connectivity index (χ3v) is 3.42. The molecule has 0 aliphatic carbocycles. The van der Waals surface area contributed by atoms with Crippen molar-refractivity contribution < 1.29 is 14.2 Å². The lowest BCUT2D eigenvalue weighted by Crippen LogP contribution is -2.48. The van der Waals surface area contributed by atoms with Crippen molar-refractivity contribution in [3.8, 4) is 0 Å². The summed E-state index contributed by atoms with van der Waals surface area (Å²) in [4.78, 5) is 2.83. The van der Waals surface area contributed by atoms with Crippen LogP contribution in [0.5, 0.6) is 0 Å². The number of benzene rings is 1. The Morgan fingerprint density at radius 1 is 1.11 bits per heavy atom. The van der Waals surface area contributed by atoms with Gasteiger partial charge in [0, 0.05) is 10.5 Å². The van der Waals surface area contributed by atoms with Crippen LogP contribution < -0.4 is 0 Å². The molecule has 0 N–H and O–H groups in total. The summed E-state index contributed by atoms with van der Waals surface area (Å²) < 4.78 is 17.2. The molecule has 2 fully saturated rings. The lowest BCUT2D eigenvalue weighted by atomic mass is 10.0. The van der Waals surface area contributed by atoms with E-state index in [2.05, 4.69) is 10.0 Å². The van der Waals surface area contributed by atoms with Gasteiger partial charge in [-0.15, -0.1) is 0 Å². The molecule has 19 heavy (non-hydrogen) atoms. The van der Waals surface area contributed by atoms with E-state index in [1.807, 2.05) is 30.3 Å². The van der Waals surface area contributed by atoms with Gasteiger partial charge in [-0.1, -0.05) is 35.4 Å². The first-order valence-corrected chi connectivity index (χ1v) is 6.34. The van der Waals surface area contributed by atoms with Crippen molar-refractivity contribution in [1.29, 1.82) is 0 Å². The van der Waals surface area contributed by atoms with E-state index in [0.29, 0.717) is 19.6 Å². The predicted octanol–water partition coefficient (Wildman–Crippen LogP) is 2.57. The number of hydrogen-bond acceptors (Lipinski definition) is 4. The Morgan fingerprint density at radius 2 is 1.95 bits per heavy atom. The molecule has 0 spiro atoms. The minimum atomic E-state index is -0.365. The molecule has 3 rings (SSSR count). The number of rotatable bonds is 2. The molecule has 0 bridgehead atoms. The predicted molar refractivity (Wildman–Crippen MR) is 67.3 cm³/mol. The van der Waals surface area contributed by atoms with Crippen LogP contribution in [0.3, 0.4) is 0 Å². The highest BCUT2D eigenvalue weighted by atomic mass is 16.7. The van der Waals surface area contributed by atoms with E-state index >= 15 is 0 Å². The molecule has 2 saturated heterocycles.